The summed E-state index contributed by atoms with van der Waals surface area (Å²) in [6.45, 7) is 4.31. The van der Waals surface area contributed by atoms with Crippen molar-refractivity contribution in [1.82, 2.24) is 0 Å². The number of carbonyl (C=O) groups is 1. The minimum absolute atomic E-state index is 0.0118. The van der Waals surface area contributed by atoms with E-state index in [-0.39, 0.29) is 18.3 Å². The molecule has 2 aromatic carbocycles. The molecule has 2 aliphatic rings. The average Bonchev–Trinajstić information content (AvgIpc) is 3.30. The second-order valence-corrected chi connectivity index (χ2v) is 9.88. The maximum absolute atomic E-state index is 14.3. The first-order chi connectivity index (χ1) is 19.4. The molecule has 2 heterocycles. The quantitative estimate of drug-likeness (QED) is 0.363. The van der Waals surface area contributed by atoms with Crippen LogP contribution in [0.15, 0.2) is 65.1 Å². The number of ether oxygens (including phenoxy) is 3. The number of Topliss-reactive ketones (excluding diaryl/α,β-unsaturated/α-hetero) is 1. The lowest BCUT2D eigenvalue weighted by molar-refractivity contribution is -0.0383. The topological polar surface area (TPSA) is 81.7 Å². The molecular weight excluding hydrogens is 509 g/mol. The van der Waals surface area contributed by atoms with E-state index in [4.69, 9.17) is 18.6 Å². The van der Waals surface area contributed by atoms with Crippen molar-refractivity contribution in [3.8, 4) is 28.9 Å². The third-order valence-electron chi connectivity index (χ3n) is 7.30. The maximum Gasteiger partial charge on any atom is 0.165 e. The van der Waals surface area contributed by atoms with Gasteiger partial charge in [-0.15, -0.1) is 5.73 Å². The predicted octanol–water partition coefficient (Wildman–Crippen LogP) is 5.27. The van der Waals surface area contributed by atoms with Gasteiger partial charge in [0.15, 0.2) is 12.0 Å². The van der Waals surface area contributed by atoms with Crippen molar-refractivity contribution in [2.24, 2.45) is 5.92 Å². The average molecular weight is 540 g/mol. The molecule has 1 aliphatic heterocycles. The second-order valence-electron chi connectivity index (χ2n) is 9.88. The van der Waals surface area contributed by atoms with Gasteiger partial charge in [-0.2, -0.15) is 5.26 Å². The smallest absolute Gasteiger partial charge is 0.165 e. The fourth-order valence-electron chi connectivity index (χ4n) is 4.80. The first-order valence-electron chi connectivity index (χ1n) is 13.4. The van der Waals surface area contributed by atoms with Crippen molar-refractivity contribution in [1.29, 1.82) is 5.26 Å². The fraction of sp³-hybridized carbons (Fsp3) is 0.303. The molecule has 6 nitrogen and oxygen atoms in total. The van der Waals surface area contributed by atoms with Gasteiger partial charge >= 0.3 is 0 Å². The Labute approximate surface area is 232 Å². The summed E-state index contributed by atoms with van der Waals surface area (Å²) in [4.78, 5) is 12.7. The molecular formula is C33H30FNO5. The van der Waals surface area contributed by atoms with E-state index in [9.17, 15) is 14.4 Å². The first-order valence-corrected chi connectivity index (χ1v) is 13.4. The molecule has 1 fully saturated rings. The largest absolute Gasteiger partial charge is 0.496 e. The van der Waals surface area contributed by atoms with E-state index >= 15 is 0 Å². The van der Waals surface area contributed by atoms with Gasteiger partial charge in [-0.05, 0) is 48.4 Å². The minimum atomic E-state index is -1.25. The number of rotatable bonds is 8. The molecule has 1 aliphatic carbocycles. The van der Waals surface area contributed by atoms with Crippen LogP contribution in [-0.4, -0.2) is 38.4 Å². The van der Waals surface area contributed by atoms with E-state index in [0.29, 0.717) is 52.4 Å². The lowest BCUT2D eigenvalue weighted by atomic mass is 9.96. The summed E-state index contributed by atoms with van der Waals surface area (Å²) in [5, 5.41) is 10.6. The molecule has 204 valence electrons. The lowest BCUT2D eigenvalue weighted by Gasteiger charge is -2.27. The molecule has 5 rings (SSSR count). The Morgan fingerprint density at radius 2 is 2.08 bits per heavy atom. The summed E-state index contributed by atoms with van der Waals surface area (Å²) in [6.07, 6.45) is 4.82. The third kappa shape index (κ3) is 5.37. The van der Waals surface area contributed by atoms with Crippen LogP contribution in [0.25, 0.3) is 22.6 Å². The Bertz CT molecular complexity index is 1670. The summed E-state index contributed by atoms with van der Waals surface area (Å²) in [7, 11) is 1.56. The zero-order valence-electron chi connectivity index (χ0n) is 22.7. The van der Waals surface area contributed by atoms with E-state index < -0.39 is 12.3 Å². The van der Waals surface area contributed by atoms with Crippen molar-refractivity contribution in [2.75, 3.05) is 20.3 Å². The van der Waals surface area contributed by atoms with Crippen LogP contribution in [0.2, 0.25) is 0 Å². The third-order valence-corrected chi connectivity index (χ3v) is 7.30. The number of nitriles is 1. The number of carbonyl (C=O) groups excluding carboxylic acids is 1. The van der Waals surface area contributed by atoms with Gasteiger partial charge in [0.05, 0.1) is 36.7 Å². The minimum Gasteiger partial charge on any atom is -0.496 e. The molecule has 0 bridgehead atoms. The highest BCUT2D eigenvalue weighted by Crippen LogP contribution is 2.32. The second kappa shape index (κ2) is 11.8. The Balaban J connectivity index is 1.55. The number of benzene rings is 2. The number of nitrogens with zero attached hydrogens (tertiary/aromatic N) is 1. The zero-order valence-corrected chi connectivity index (χ0v) is 22.7. The van der Waals surface area contributed by atoms with Gasteiger partial charge in [0.2, 0.25) is 0 Å². The van der Waals surface area contributed by atoms with Crippen molar-refractivity contribution < 1.29 is 27.8 Å². The number of methoxy groups -OCH3 is 1. The maximum atomic E-state index is 14.3. The molecule has 0 radical (unpaired) electrons. The van der Waals surface area contributed by atoms with E-state index in [1.165, 1.54) is 0 Å². The van der Waals surface area contributed by atoms with Crippen LogP contribution in [0.3, 0.4) is 0 Å². The van der Waals surface area contributed by atoms with Crippen molar-refractivity contribution in [3.63, 3.8) is 0 Å². The molecule has 3 atom stereocenters. The van der Waals surface area contributed by atoms with E-state index in [1.54, 1.807) is 37.5 Å². The van der Waals surface area contributed by atoms with Crippen LogP contribution in [0.4, 0.5) is 4.39 Å². The molecule has 0 amide bonds. The Hall–Kier alpha value is -4.37. The van der Waals surface area contributed by atoms with Crippen molar-refractivity contribution in [3.05, 3.63) is 88.0 Å². The molecule has 0 spiro atoms. The number of fused-ring (bicyclic) bond motifs is 1. The molecule has 2 unspecified atom stereocenters. The Kier molecular flexibility index (Phi) is 8.02. The molecule has 0 N–H and O–H groups in total. The predicted molar refractivity (Wildman–Crippen MR) is 149 cm³/mol. The van der Waals surface area contributed by atoms with Crippen molar-refractivity contribution >= 4 is 17.1 Å². The number of alkyl halides is 1. The van der Waals surface area contributed by atoms with Crippen LogP contribution < -0.4 is 20.1 Å². The fourth-order valence-corrected chi connectivity index (χ4v) is 4.80. The summed E-state index contributed by atoms with van der Waals surface area (Å²) >= 11 is 0. The number of hydrogen-bond donors (Lipinski definition) is 0. The first kappa shape index (κ1) is 27.2. The lowest BCUT2D eigenvalue weighted by Crippen LogP contribution is -2.37. The number of furan rings is 1. The van der Waals surface area contributed by atoms with E-state index in [0.717, 1.165) is 22.8 Å². The Morgan fingerprint density at radius 3 is 2.83 bits per heavy atom. The zero-order chi connectivity index (χ0) is 28.2. The van der Waals surface area contributed by atoms with Gasteiger partial charge in [0, 0.05) is 29.5 Å². The summed E-state index contributed by atoms with van der Waals surface area (Å²) in [5.41, 5.74) is 6.91. The Morgan fingerprint density at radius 1 is 1.23 bits per heavy atom. The normalized spacial score (nSPS) is 18.7. The van der Waals surface area contributed by atoms with Gasteiger partial charge in [-0.1, -0.05) is 32.1 Å². The van der Waals surface area contributed by atoms with Crippen LogP contribution in [0, 0.1) is 17.2 Å². The van der Waals surface area contributed by atoms with Gasteiger partial charge in [-0.3, -0.25) is 4.79 Å². The highest BCUT2D eigenvalue weighted by Gasteiger charge is 2.28. The highest BCUT2D eigenvalue weighted by molar-refractivity contribution is 5.98. The summed E-state index contributed by atoms with van der Waals surface area (Å²) in [5.74, 6) is 1.42. The molecule has 40 heavy (non-hydrogen) atoms. The van der Waals surface area contributed by atoms with Crippen LogP contribution in [0.1, 0.15) is 48.2 Å². The van der Waals surface area contributed by atoms with Gasteiger partial charge in [0.25, 0.3) is 0 Å². The molecule has 3 aromatic rings. The van der Waals surface area contributed by atoms with E-state index in [2.05, 4.69) is 11.8 Å². The summed E-state index contributed by atoms with van der Waals surface area (Å²) in [6, 6.07) is 14.7. The molecule has 1 aromatic heterocycles. The standard InChI is InChI=1S/C33H30FNO5/c1-4-20(2)32(36)22-9-11-26(30(16-22)37-3)31-17-23-7-5-6-8-25(33(23)40-31)21-10-12-28(24(15-21)18-35)39-29-13-14-38-19-27(29)34/h5-6,8-12,15-17,20,27,29H,4,13-14,19H2,1-3H3/t20?,27-,29?/m0/s1. The monoisotopic (exact) mass is 539 g/mol. The molecule has 7 heteroatoms. The SMILES string of the molecule is CCC(C)C(=O)c1ccc(-c2cc3c(o2)=C(c2ccc(OC4CCOC[C@@H]4F)c(C#N)c2)C=CC=C=3)c(OC)c1. The number of allylic oxidation sites excluding steroid dienone is 3. The number of halogens is 1. The number of ketones is 1. The van der Waals surface area contributed by atoms with E-state index in [1.807, 2.05) is 44.2 Å². The highest BCUT2D eigenvalue weighted by atomic mass is 19.1. The number of hydrogen-bond acceptors (Lipinski definition) is 6. The van der Waals surface area contributed by atoms with Gasteiger partial charge < -0.3 is 18.6 Å². The summed E-state index contributed by atoms with van der Waals surface area (Å²) < 4.78 is 37.3. The van der Waals surface area contributed by atoms with Crippen molar-refractivity contribution in [2.45, 2.75) is 39.0 Å². The molecule has 0 saturated carbocycles. The van der Waals surface area contributed by atoms with Gasteiger partial charge in [-0.25, -0.2) is 4.39 Å². The van der Waals surface area contributed by atoms with Crippen LogP contribution in [-0.2, 0) is 4.74 Å². The van der Waals surface area contributed by atoms with Crippen LogP contribution in [0.5, 0.6) is 11.5 Å². The molecule has 1 saturated heterocycles. The van der Waals surface area contributed by atoms with Crippen LogP contribution >= 0.6 is 0 Å². The van der Waals surface area contributed by atoms with Gasteiger partial charge in [0.1, 0.15) is 34.8 Å².